The predicted molar refractivity (Wildman–Crippen MR) is 66.6 cm³/mol. The molecule has 0 spiro atoms. The summed E-state index contributed by atoms with van der Waals surface area (Å²) >= 11 is 1.30. The van der Waals surface area contributed by atoms with Crippen molar-refractivity contribution >= 4 is 22.9 Å². The summed E-state index contributed by atoms with van der Waals surface area (Å²) in [6.45, 7) is 3.08. The lowest BCUT2D eigenvalue weighted by atomic mass is 10.5. The van der Waals surface area contributed by atoms with Crippen LogP contribution in [0.25, 0.3) is 0 Å². The molecule has 0 amide bonds. The van der Waals surface area contributed by atoms with Gasteiger partial charge in [-0.3, -0.25) is 4.79 Å². The Labute approximate surface area is 106 Å². The van der Waals surface area contributed by atoms with Gasteiger partial charge in [0.05, 0.1) is 13.2 Å². The zero-order valence-corrected chi connectivity index (χ0v) is 11.1. The maximum atomic E-state index is 11.4. The van der Waals surface area contributed by atoms with Gasteiger partial charge in [0.25, 0.3) is 0 Å². The van der Waals surface area contributed by atoms with Gasteiger partial charge in [0, 0.05) is 13.7 Å². The van der Waals surface area contributed by atoms with Gasteiger partial charge in [-0.2, -0.15) is 5.26 Å². The van der Waals surface area contributed by atoms with E-state index in [4.69, 9.17) is 14.7 Å². The van der Waals surface area contributed by atoms with Gasteiger partial charge in [-0.1, -0.05) is 11.8 Å². The number of thioether (sulfide) groups is 1. The lowest BCUT2D eigenvalue weighted by Crippen LogP contribution is -2.37. The van der Waals surface area contributed by atoms with Crippen LogP contribution >= 0.6 is 11.8 Å². The SMILES string of the molecule is CCOC(=O)CN(CCOC)C(=NC#N)SC. The lowest BCUT2D eigenvalue weighted by Gasteiger charge is -2.22. The van der Waals surface area contributed by atoms with Gasteiger partial charge >= 0.3 is 5.97 Å². The number of nitriles is 1. The number of hydrogen-bond acceptors (Lipinski definition) is 6. The molecule has 0 aromatic carbocycles. The number of esters is 1. The maximum absolute atomic E-state index is 11.4. The summed E-state index contributed by atoms with van der Waals surface area (Å²) in [7, 11) is 1.57. The summed E-state index contributed by atoms with van der Waals surface area (Å²) in [5.41, 5.74) is 0. The average Bonchev–Trinajstić information content (AvgIpc) is 2.32. The second kappa shape index (κ2) is 9.93. The topological polar surface area (TPSA) is 74.9 Å². The predicted octanol–water partition coefficient (Wildman–Crippen LogP) is 0.698. The molecule has 0 atom stereocenters. The normalized spacial score (nSPS) is 10.8. The number of hydrogen-bond donors (Lipinski definition) is 0. The third-order valence-electron chi connectivity index (χ3n) is 1.79. The van der Waals surface area contributed by atoms with E-state index in [0.717, 1.165) is 0 Å². The number of nitrogens with zero attached hydrogens (tertiary/aromatic N) is 3. The standard InChI is InChI=1S/C10H17N3O3S/c1-4-16-9(14)7-13(5-6-15-2)10(17-3)12-8-11/h4-7H2,1-3H3. The Hall–Kier alpha value is -1.26. The summed E-state index contributed by atoms with van der Waals surface area (Å²) in [5, 5.41) is 9.04. The van der Waals surface area contributed by atoms with E-state index in [0.29, 0.717) is 24.9 Å². The molecular weight excluding hydrogens is 242 g/mol. The van der Waals surface area contributed by atoms with Crippen molar-refractivity contribution in [2.75, 3.05) is 39.7 Å². The van der Waals surface area contributed by atoms with Crippen LogP contribution in [-0.2, 0) is 14.3 Å². The van der Waals surface area contributed by atoms with Gasteiger partial charge in [0.15, 0.2) is 5.17 Å². The molecule has 0 unspecified atom stereocenters. The van der Waals surface area contributed by atoms with E-state index < -0.39 is 0 Å². The molecule has 6 nitrogen and oxygen atoms in total. The van der Waals surface area contributed by atoms with Crippen molar-refractivity contribution < 1.29 is 14.3 Å². The van der Waals surface area contributed by atoms with E-state index in [2.05, 4.69) is 4.99 Å². The van der Waals surface area contributed by atoms with Gasteiger partial charge in [-0.05, 0) is 13.2 Å². The number of amidine groups is 1. The van der Waals surface area contributed by atoms with E-state index in [1.807, 2.05) is 0 Å². The van der Waals surface area contributed by atoms with Crippen molar-refractivity contribution in [2.45, 2.75) is 6.92 Å². The number of methoxy groups -OCH3 is 1. The molecule has 0 saturated heterocycles. The molecule has 0 aliphatic heterocycles. The van der Waals surface area contributed by atoms with Gasteiger partial charge in [-0.15, -0.1) is 4.99 Å². The van der Waals surface area contributed by atoms with Crippen LogP contribution in [0.1, 0.15) is 6.92 Å². The van der Waals surface area contributed by atoms with E-state index in [1.54, 1.807) is 31.4 Å². The highest BCUT2D eigenvalue weighted by atomic mass is 32.2. The number of carbonyl (C=O) groups excluding carboxylic acids is 1. The first kappa shape index (κ1) is 15.7. The Morgan fingerprint density at radius 2 is 2.29 bits per heavy atom. The van der Waals surface area contributed by atoms with Crippen molar-refractivity contribution in [1.82, 2.24) is 4.90 Å². The highest BCUT2D eigenvalue weighted by Gasteiger charge is 2.15. The van der Waals surface area contributed by atoms with E-state index in [9.17, 15) is 4.79 Å². The molecule has 7 heteroatoms. The Morgan fingerprint density at radius 1 is 1.59 bits per heavy atom. The van der Waals surface area contributed by atoms with Crippen molar-refractivity contribution in [3.05, 3.63) is 0 Å². The highest BCUT2D eigenvalue weighted by Crippen LogP contribution is 2.05. The monoisotopic (exact) mass is 259 g/mol. The third kappa shape index (κ3) is 6.81. The first-order valence-electron chi connectivity index (χ1n) is 5.09. The van der Waals surface area contributed by atoms with Gasteiger partial charge in [-0.25, -0.2) is 0 Å². The fourth-order valence-corrected chi connectivity index (χ4v) is 1.64. The van der Waals surface area contributed by atoms with Crippen LogP contribution < -0.4 is 0 Å². The molecule has 17 heavy (non-hydrogen) atoms. The van der Waals surface area contributed by atoms with E-state index in [-0.39, 0.29) is 12.5 Å². The summed E-state index contributed by atoms with van der Waals surface area (Å²) in [5.74, 6) is -0.344. The summed E-state index contributed by atoms with van der Waals surface area (Å²) in [6, 6.07) is 0. The minimum atomic E-state index is -0.344. The van der Waals surface area contributed by atoms with Crippen molar-refractivity contribution in [1.29, 1.82) is 5.26 Å². The summed E-state index contributed by atoms with van der Waals surface area (Å²) in [4.78, 5) is 16.7. The fourth-order valence-electron chi connectivity index (χ4n) is 1.09. The molecule has 0 fully saturated rings. The van der Waals surface area contributed by atoms with Crippen molar-refractivity contribution in [3.63, 3.8) is 0 Å². The number of aliphatic imine (C=N–C) groups is 1. The number of ether oxygens (including phenoxy) is 2. The maximum Gasteiger partial charge on any atom is 0.325 e. The van der Waals surface area contributed by atoms with E-state index >= 15 is 0 Å². The average molecular weight is 259 g/mol. The molecular formula is C10H17N3O3S. The van der Waals surface area contributed by atoms with Crippen LogP contribution in [0.4, 0.5) is 0 Å². The third-order valence-corrected chi connectivity index (χ3v) is 2.50. The Balaban J connectivity index is 4.57. The van der Waals surface area contributed by atoms with E-state index in [1.165, 1.54) is 11.8 Å². The van der Waals surface area contributed by atoms with Gasteiger partial charge in [0.2, 0.25) is 6.19 Å². The lowest BCUT2D eigenvalue weighted by molar-refractivity contribution is -0.143. The van der Waals surface area contributed by atoms with Gasteiger partial charge in [0.1, 0.15) is 6.54 Å². The second-order valence-electron chi connectivity index (χ2n) is 2.92. The molecule has 0 bridgehead atoms. The Bertz CT molecular complexity index is 302. The quantitative estimate of drug-likeness (QED) is 0.302. The molecule has 0 aromatic heterocycles. The molecule has 0 rings (SSSR count). The van der Waals surface area contributed by atoms with Crippen LogP contribution in [0.15, 0.2) is 4.99 Å². The molecule has 0 saturated carbocycles. The Kier molecular flexibility index (Phi) is 9.19. The van der Waals surface area contributed by atoms with Crippen LogP contribution in [0.2, 0.25) is 0 Å². The smallest absolute Gasteiger partial charge is 0.325 e. The number of carbonyl (C=O) groups is 1. The minimum absolute atomic E-state index is 0.0680. The summed E-state index contributed by atoms with van der Waals surface area (Å²) < 4.78 is 9.80. The molecule has 96 valence electrons. The molecule has 0 aliphatic carbocycles. The molecule has 0 aromatic rings. The summed E-state index contributed by atoms with van der Waals surface area (Å²) in [6.07, 6.45) is 3.51. The zero-order chi connectivity index (χ0) is 13.1. The first-order chi connectivity index (χ1) is 8.19. The van der Waals surface area contributed by atoms with Crippen LogP contribution in [0.5, 0.6) is 0 Å². The first-order valence-corrected chi connectivity index (χ1v) is 6.32. The van der Waals surface area contributed by atoms with Crippen LogP contribution in [0, 0.1) is 11.5 Å². The van der Waals surface area contributed by atoms with Crippen LogP contribution in [-0.4, -0.2) is 55.7 Å². The molecule has 0 heterocycles. The minimum Gasteiger partial charge on any atom is -0.465 e. The Morgan fingerprint density at radius 3 is 2.76 bits per heavy atom. The second-order valence-corrected chi connectivity index (χ2v) is 3.69. The van der Waals surface area contributed by atoms with Crippen molar-refractivity contribution in [3.8, 4) is 6.19 Å². The highest BCUT2D eigenvalue weighted by molar-refractivity contribution is 8.13. The van der Waals surface area contributed by atoms with Gasteiger partial charge < -0.3 is 14.4 Å². The molecule has 0 aliphatic rings. The largest absolute Gasteiger partial charge is 0.465 e. The van der Waals surface area contributed by atoms with Crippen LogP contribution in [0.3, 0.4) is 0 Å². The zero-order valence-electron chi connectivity index (χ0n) is 10.3. The molecule has 0 N–H and O–H groups in total. The number of rotatable bonds is 6. The fraction of sp³-hybridized carbons (Fsp3) is 0.700. The molecule has 0 radical (unpaired) electrons. The van der Waals surface area contributed by atoms with Crippen molar-refractivity contribution in [2.24, 2.45) is 4.99 Å².